The van der Waals surface area contributed by atoms with Crippen LogP contribution in [0.15, 0.2) is 33.6 Å². The van der Waals surface area contributed by atoms with Gasteiger partial charge in [0.2, 0.25) is 0 Å². The Bertz CT molecular complexity index is 476. The molecule has 0 aliphatic rings. The van der Waals surface area contributed by atoms with Crippen molar-refractivity contribution in [1.29, 1.82) is 0 Å². The van der Waals surface area contributed by atoms with Gasteiger partial charge in [-0.1, -0.05) is 0 Å². The van der Waals surface area contributed by atoms with E-state index in [1.165, 1.54) is 0 Å². The van der Waals surface area contributed by atoms with Gasteiger partial charge in [-0.25, -0.2) is 4.98 Å². The summed E-state index contributed by atoms with van der Waals surface area (Å²) in [5, 5.41) is 12.9. The smallest absolute Gasteiger partial charge is 0.143 e. The lowest BCUT2D eigenvalue weighted by atomic mass is 10.2. The molecule has 4 nitrogen and oxygen atoms in total. The second-order valence-electron chi connectivity index (χ2n) is 3.59. The first kappa shape index (κ1) is 12.6. The second kappa shape index (κ2) is 5.66. The zero-order valence-corrected chi connectivity index (χ0v) is 12.0. The number of aromatic amines is 1. The summed E-state index contributed by atoms with van der Waals surface area (Å²) in [6, 6.07) is 3.78. The molecule has 0 fully saturated rings. The average molecular weight is 361 g/mol. The first-order chi connectivity index (χ1) is 8.16. The summed E-state index contributed by atoms with van der Waals surface area (Å²) < 4.78 is 1.37. The molecule has 2 rings (SSSR count). The maximum atomic E-state index is 9.58. The largest absolute Gasteiger partial charge is 0.506 e. The summed E-state index contributed by atoms with van der Waals surface area (Å²) in [7, 11) is 0. The van der Waals surface area contributed by atoms with Gasteiger partial charge in [-0.3, -0.25) is 0 Å². The van der Waals surface area contributed by atoms with Crippen molar-refractivity contribution in [2.45, 2.75) is 13.1 Å². The Labute approximate surface area is 116 Å². The van der Waals surface area contributed by atoms with Gasteiger partial charge in [0.15, 0.2) is 0 Å². The Morgan fingerprint density at radius 1 is 1.24 bits per heavy atom. The number of aromatic hydroxyl groups is 1. The SMILES string of the molecule is Oc1c(Br)cc(CNCc2cnc[nH]2)cc1Br. The van der Waals surface area contributed by atoms with E-state index in [1.54, 1.807) is 12.5 Å². The number of rotatable bonds is 4. The lowest BCUT2D eigenvalue weighted by Gasteiger charge is -2.07. The van der Waals surface area contributed by atoms with Crippen molar-refractivity contribution in [3.8, 4) is 5.75 Å². The van der Waals surface area contributed by atoms with Crippen molar-refractivity contribution in [2.24, 2.45) is 0 Å². The summed E-state index contributed by atoms with van der Waals surface area (Å²) in [5.74, 6) is 0.224. The highest BCUT2D eigenvalue weighted by Gasteiger charge is 2.05. The number of halogens is 2. The summed E-state index contributed by atoms with van der Waals surface area (Å²) >= 11 is 6.61. The lowest BCUT2D eigenvalue weighted by Crippen LogP contribution is -2.12. The summed E-state index contributed by atoms with van der Waals surface area (Å²) in [5.41, 5.74) is 2.13. The summed E-state index contributed by atoms with van der Waals surface area (Å²) in [4.78, 5) is 6.97. The summed E-state index contributed by atoms with van der Waals surface area (Å²) in [6.07, 6.45) is 3.44. The van der Waals surface area contributed by atoms with E-state index in [-0.39, 0.29) is 5.75 Å². The van der Waals surface area contributed by atoms with Gasteiger partial charge >= 0.3 is 0 Å². The molecule has 0 bridgehead atoms. The molecule has 0 radical (unpaired) electrons. The van der Waals surface area contributed by atoms with Crippen LogP contribution in [0.2, 0.25) is 0 Å². The van der Waals surface area contributed by atoms with Crippen LogP contribution >= 0.6 is 31.9 Å². The maximum Gasteiger partial charge on any atom is 0.143 e. The van der Waals surface area contributed by atoms with Crippen molar-refractivity contribution >= 4 is 31.9 Å². The Balaban J connectivity index is 1.95. The predicted molar refractivity (Wildman–Crippen MR) is 72.6 cm³/mol. The average Bonchev–Trinajstić information content (AvgIpc) is 2.79. The monoisotopic (exact) mass is 359 g/mol. The molecule has 1 aromatic carbocycles. The van der Waals surface area contributed by atoms with Crippen molar-refractivity contribution in [2.75, 3.05) is 0 Å². The minimum atomic E-state index is 0.224. The second-order valence-corrected chi connectivity index (χ2v) is 5.30. The number of hydrogen-bond acceptors (Lipinski definition) is 3. The van der Waals surface area contributed by atoms with Crippen LogP contribution in [0.4, 0.5) is 0 Å². The Kier molecular flexibility index (Phi) is 4.20. The molecule has 90 valence electrons. The maximum absolute atomic E-state index is 9.58. The third-order valence-corrected chi connectivity index (χ3v) is 3.49. The number of phenols is 1. The first-order valence-corrected chi connectivity index (χ1v) is 6.60. The Morgan fingerprint density at radius 3 is 2.53 bits per heavy atom. The number of nitrogens with one attached hydrogen (secondary N) is 2. The van der Waals surface area contributed by atoms with Gasteiger partial charge in [-0.05, 0) is 49.6 Å². The fraction of sp³-hybridized carbons (Fsp3) is 0.182. The molecule has 0 saturated heterocycles. The topological polar surface area (TPSA) is 60.9 Å². The van der Waals surface area contributed by atoms with Gasteiger partial charge in [-0.15, -0.1) is 0 Å². The molecule has 1 aromatic heterocycles. The first-order valence-electron chi connectivity index (χ1n) is 5.01. The molecular weight excluding hydrogens is 350 g/mol. The van der Waals surface area contributed by atoms with Gasteiger partial charge < -0.3 is 15.4 Å². The third-order valence-electron chi connectivity index (χ3n) is 2.28. The Hall–Kier alpha value is -0.850. The molecule has 6 heteroatoms. The highest BCUT2D eigenvalue weighted by molar-refractivity contribution is 9.11. The molecule has 2 aromatic rings. The van der Waals surface area contributed by atoms with Crippen LogP contribution in [-0.4, -0.2) is 15.1 Å². The zero-order valence-electron chi connectivity index (χ0n) is 8.87. The minimum Gasteiger partial charge on any atom is -0.506 e. The van der Waals surface area contributed by atoms with Crippen LogP contribution in [0.1, 0.15) is 11.3 Å². The number of benzene rings is 1. The van der Waals surface area contributed by atoms with Crippen LogP contribution in [-0.2, 0) is 13.1 Å². The molecule has 0 aliphatic heterocycles. The standard InChI is InChI=1S/C11H11Br2N3O/c12-9-1-7(2-10(13)11(9)17)3-14-4-8-5-15-6-16-8/h1-2,5-6,14,17H,3-4H2,(H,15,16). The van der Waals surface area contributed by atoms with Crippen molar-refractivity contribution in [3.63, 3.8) is 0 Å². The number of phenolic OH excluding ortho intramolecular Hbond substituents is 1. The molecule has 0 saturated carbocycles. The van der Waals surface area contributed by atoms with Crippen LogP contribution in [0.3, 0.4) is 0 Å². The number of imidazole rings is 1. The molecule has 0 atom stereocenters. The number of nitrogens with zero attached hydrogens (tertiary/aromatic N) is 1. The van der Waals surface area contributed by atoms with E-state index in [2.05, 4.69) is 47.1 Å². The highest BCUT2D eigenvalue weighted by atomic mass is 79.9. The van der Waals surface area contributed by atoms with E-state index >= 15 is 0 Å². The number of hydrogen-bond donors (Lipinski definition) is 3. The van der Waals surface area contributed by atoms with Crippen LogP contribution < -0.4 is 5.32 Å². The predicted octanol–water partition coefficient (Wildman–Crippen LogP) is 2.93. The van der Waals surface area contributed by atoms with Crippen molar-refractivity contribution in [3.05, 3.63) is 44.9 Å². The van der Waals surface area contributed by atoms with E-state index in [0.717, 1.165) is 24.3 Å². The molecule has 0 amide bonds. The van der Waals surface area contributed by atoms with E-state index in [0.29, 0.717) is 8.95 Å². The summed E-state index contributed by atoms with van der Waals surface area (Å²) in [6.45, 7) is 1.45. The quantitative estimate of drug-likeness (QED) is 0.785. The third kappa shape index (κ3) is 3.31. The van der Waals surface area contributed by atoms with Gasteiger partial charge in [-0.2, -0.15) is 0 Å². The van der Waals surface area contributed by atoms with E-state index in [1.807, 2.05) is 12.1 Å². The number of aromatic nitrogens is 2. The van der Waals surface area contributed by atoms with Gasteiger partial charge in [0, 0.05) is 25.0 Å². The molecule has 0 spiro atoms. The molecular formula is C11H11Br2N3O. The molecule has 17 heavy (non-hydrogen) atoms. The van der Waals surface area contributed by atoms with Crippen LogP contribution in [0.25, 0.3) is 0 Å². The zero-order chi connectivity index (χ0) is 12.3. The minimum absolute atomic E-state index is 0.224. The molecule has 0 unspecified atom stereocenters. The fourth-order valence-electron chi connectivity index (χ4n) is 1.44. The molecule has 0 aliphatic carbocycles. The van der Waals surface area contributed by atoms with Gasteiger partial charge in [0.25, 0.3) is 0 Å². The van der Waals surface area contributed by atoms with Crippen molar-refractivity contribution in [1.82, 2.24) is 15.3 Å². The molecule has 1 heterocycles. The fourth-order valence-corrected chi connectivity index (χ4v) is 2.72. The normalized spacial score (nSPS) is 10.7. The van der Waals surface area contributed by atoms with Crippen molar-refractivity contribution < 1.29 is 5.11 Å². The van der Waals surface area contributed by atoms with E-state index < -0.39 is 0 Å². The lowest BCUT2D eigenvalue weighted by molar-refractivity contribution is 0.468. The van der Waals surface area contributed by atoms with Gasteiger partial charge in [0.05, 0.1) is 15.3 Å². The van der Waals surface area contributed by atoms with Crippen LogP contribution in [0.5, 0.6) is 5.75 Å². The Morgan fingerprint density at radius 2 is 1.94 bits per heavy atom. The van der Waals surface area contributed by atoms with E-state index in [4.69, 9.17) is 0 Å². The highest BCUT2D eigenvalue weighted by Crippen LogP contribution is 2.33. The van der Waals surface area contributed by atoms with Gasteiger partial charge in [0.1, 0.15) is 5.75 Å². The van der Waals surface area contributed by atoms with Crippen LogP contribution in [0, 0.1) is 0 Å². The number of H-pyrrole nitrogens is 1. The molecule has 3 N–H and O–H groups in total. The van der Waals surface area contributed by atoms with E-state index in [9.17, 15) is 5.11 Å².